The molecule has 1 heterocycles. The molecule has 1 N–H and O–H groups in total. The first-order chi connectivity index (χ1) is 10.3. The molecule has 0 aliphatic carbocycles. The highest BCUT2D eigenvalue weighted by atomic mass is 35.5. The molecule has 2 nitrogen and oxygen atoms in total. The summed E-state index contributed by atoms with van der Waals surface area (Å²) >= 11 is 0. The standard InChI is InChI=1S/C18H29FN2.2ClH/c1-2-3-4-11-21-12-5-6-17(15-21)14-20-13-16-7-9-18(19)10-8-16;;/h7-10,17,20H,2-6,11-15H2,1H3;2*1H. The molecular formula is C18H31Cl2FN2. The van der Waals surface area contributed by atoms with Crippen LogP contribution in [0.2, 0.25) is 0 Å². The molecule has 134 valence electrons. The fourth-order valence-electron chi connectivity index (χ4n) is 3.13. The van der Waals surface area contributed by atoms with Crippen molar-refractivity contribution in [2.45, 2.75) is 45.6 Å². The number of hydrogen-bond acceptors (Lipinski definition) is 2. The van der Waals surface area contributed by atoms with Crippen LogP contribution in [0.15, 0.2) is 24.3 Å². The van der Waals surface area contributed by atoms with Crippen molar-refractivity contribution in [3.8, 4) is 0 Å². The van der Waals surface area contributed by atoms with Crippen LogP contribution in [0.1, 0.15) is 44.6 Å². The number of piperidine rings is 1. The van der Waals surface area contributed by atoms with Crippen molar-refractivity contribution in [3.63, 3.8) is 0 Å². The predicted molar refractivity (Wildman–Crippen MR) is 101 cm³/mol. The van der Waals surface area contributed by atoms with Gasteiger partial charge in [0.25, 0.3) is 0 Å². The van der Waals surface area contributed by atoms with Crippen LogP contribution in [0.5, 0.6) is 0 Å². The average molecular weight is 365 g/mol. The third-order valence-corrected chi connectivity index (χ3v) is 4.36. The van der Waals surface area contributed by atoms with Crippen molar-refractivity contribution in [1.29, 1.82) is 0 Å². The minimum Gasteiger partial charge on any atom is -0.312 e. The lowest BCUT2D eigenvalue weighted by Crippen LogP contribution is -2.39. The van der Waals surface area contributed by atoms with Crippen molar-refractivity contribution in [3.05, 3.63) is 35.6 Å². The van der Waals surface area contributed by atoms with E-state index in [0.29, 0.717) is 0 Å². The van der Waals surface area contributed by atoms with Gasteiger partial charge < -0.3 is 10.2 Å². The van der Waals surface area contributed by atoms with Crippen LogP contribution in [0.4, 0.5) is 4.39 Å². The molecule has 23 heavy (non-hydrogen) atoms. The van der Waals surface area contributed by atoms with Crippen LogP contribution >= 0.6 is 24.8 Å². The normalized spacial score (nSPS) is 18.1. The van der Waals surface area contributed by atoms with Gasteiger partial charge in [-0.3, -0.25) is 0 Å². The van der Waals surface area contributed by atoms with E-state index in [1.165, 1.54) is 63.9 Å². The maximum absolute atomic E-state index is 12.8. The minimum absolute atomic E-state index is 0. The number of likely N-dealkylation sites (tertiary alicyclic amines) is 1. The molecular weight excluding hydrogens is 334 g/mol. The summed E-state index contributed by atoms with van der Waals surface area (Å²) in [6, 6.07) is 6.79. The fraction of sp³-hybridized carbons (Fsp3) is 0.667. The minimum atomic E-state index is -0.159. The van der Waals surface area contributed by atoms with E-state index in [4.69, 9.17) is 0 Å². The van der Waals surface area contributed by atoms with Crippen LogP contribution in [0, 0.1) is 11.7 Å². The number of unbranched alkanes of at least 4 members (excludes halogenated alkanes) is 2. The number of rotatable bonds is 8. The lowest BCUT2D eigenvalue weighted by Gasteiger charge is -2.33. The molecule has 2 rings (SSSR count). The van der Waals surface area contributed by atoms with Gasteiger partial charge in [0.1, 0.15) is 5.82 Å². The average Bonchev–Trinajstić information content (AvgIpc) is 2.50. The monoisotopic (exact) mass is 364 g/mol. The van der Waals surface area contributed by atoms with Crippen LogP contribution < -0.4 is 5.32 Å². The molecule has 1 saturated heterocycles. The zero-order chi connectivity index (χ0) is 14.9. The van der Waals surface area contributed by atoms with Crippen molar-refractivity contribution in [1.82, 2.24) is 10.2 Å². The van der Waals surface area contributed by atoms with Crippen molar-refractivity contribution in [2.24, 2.45) is 5.92 Å². The SMILES string of the molecule is CCCCCN1CCCC(CNCc2ccc(F)cc2)C1.Cl.Cl. The smallest absolute Gasteiger partial charge is 0.123 e. The summed E-state index contributed by atoms with van der Waals surface area (Å²) in [4.78, 5) is 2.63. The van der Waals surface area contributed by atoms with Gasteiger partial charge in [0.15, 0.2) is 0 Å². The molecule has 1 fully saturated rings. The molecule has 1 unspecified atom stereocenters. The van der Waals surface area contributed by atoms with Gasteiger partial charge in [-0.25, -0.2) is 4.39 Å². The number of nitrogens with zero attached hydrogens (tertiary/aromatic N) is 1. The van der Waals surface area contributed by atoms with Crippen molar-refractivity contribution < 1.29 is 4.39 Å². The molecule has 0 radical (unpaired) electrons. The van der Waals surface area contributed by atoms with Gasteiger partial charge in [0, 0.05) is 13.1 Å². The Morgan fingerprint density at radius 2 is 1.91 bits per heavy atom. The maximum atomic E-state index is 12.8. The lowest BCUT2D eigenvalue weighted by molar-refractivity contribution is 0.169. The second-order valence-electron chi connectivity index (χ2n) is 6.27. The molecule has 1 aliphatic heterocycles. The first-order valence-corrected chi connectivity index (χ1v) is 8.45. The highest BCUT2D eigenvalue weighted by Gasteiger charge is 2.18. The first-order valence-electron chi connectivity index (χ1n) is 8.45. The zero-order valence-electron chi connectivity index (χ0n) is 14.1. The number of nitrogens with one attached hydrogen (secondary N) is 1. The molecule has 0 saturated carbocycles. The van der Waals surface area contributed by atoms with Gasteiger partial charge in [-0.2, -0.15) is 0 Å². The first kappa shape index (κ1) is 22.6. The van der Waals surface area contributed by atoms with Crippen molar-refractivity contribution in [2.75, 3.05) is 26.2 Å². The summed E-state index contributed by atoms with van der Waals surface area (Å²) in [5.41, 5.74) is 1.16. The van der Waals surface area contributed by atoms with Crippen molar-refractivity contribution >= 4 is 24.8 Å². The van der Waals surface area contributed by atoms with Crippen LogP contribution in [0.3, 0.4) is 0 Å². The van der Waals surface area contributed by atoms with Gasteiger partial charge in [0.05, 0.1) is 0 Å². The van der Waals surface area contributed by atoms with Gasteiger partial charge in [0.2, 0.25) is 0 Å². The summed E-state index contributed by atoms with van der Waals surface area (Å²) in [6.45, 7) is 7.95. The van der Waals surface area contributed by atoms with Crippen LogP contribution in [-0.4, -0.2) is 31.1 Å². The third-order valence-electron chi connectivity index (χ3n) is 4.36. The lowest BCUT2D eigenvalue weighted by atomic mass is 9.97. The third kappa shape index (κ3) is 8.90. The van der Waals surface area contributed by atoms with E-state index in [0.717, 1.165) is 24.6 Å². The zero-order valence-corrected chi connectivity index (χ0v) is 15.7. The summed E-state index contributed by atoms with van der Waals surface area (Å²) in [7, 11) is 0. The Labute approximate surface area is 153 Å². The Balaban J connectivity index is 0.00000242. The molecule has 0 aromatic heterocycles. The molecule has 1 aromatic rings. The molecule has 0 bridgehead atoms. The Hall–Kier alpha value is -0.350. The van der Waals surface area contributed by atoms with Gasteiger partial charge in [-0.05, 0) is 62.5 Å². The molecule has 1 aliphatic rings. The fourth-order valence-corrected chi connectivity index (χ4v) is 3.13. The Morgan fingerprint density at radius 1 is 1.17 bits per heavy atom. The molecule has 1 aromatic carbocycles. The largest absolute Gasteiger partial charge is 0.312 e. The van der Waals surface area contributed by atoms with E-state index in [9.17, 15) is 4.39 Å². The van der Waals surface area contributed by atoms with Gasteiger partial charge in [-0.1, -0.05) is 31.9 Å². The van der Waals surface area contributed by atoms with Gasteiger partial charge >= 0.3 is 0 Å². The highest BCUT2D eigenvalue weighted by molar-refractivity contribution is 5.85. The second-order valence-corrected chi connectivity index (χ2v) is 6.27. The van der Waals surface area contributed by atoms with E-state index in [1.807, 2.05) is 12.1 Å². The second kappa shape index (κ2) is 13.0. The van der Waals surface area contributed by atoms with Crippen LogP contribution in [0.25, 0.3) is 0 Å². The van der Waals surface area contributed by atoms with E-state index >= 15 is 0 Å². The maximum Gasteiger partial charge on any atom is 0.123 e. The highest BCUT2D eigenvalue weighted by Crippen LogP contribution is 2.16. The number of halogens is 3. The topological polar surface area (TPSA) is 15.3 Å². The summed E-state index contributed by atoms with van der Waals surface area (Å²) in [5.74, 6) is 0.606. The van der Waals surface area contributed by atoms with E-state index in [2.05, 4.69) is 17.1 Å². The molecule has 0 amide bonds. The van der Waals surface area contributed by atoms with E-state index in [1.54, 1.807) is 0 Å². The molecule has 0 spiro atoms. The summed E-state index contributed by atoms with van der Waals surface area (Å²) in [5, 5.41) is 3.53. The summed E-state index contributed by atoms with van der Waals surface area (Å²) < 4.78 is 12.8. The number of benzene rings is 1. The molecule has 1 atom stereocenters. The Bertz CT molecular complexity index is 401. The quantitative estimate of drug-likeness (QED) is 0.674. The summed E-state index contributed by atoms with van der Waals surface area (Å²) in [6.07, 6.45) is 6.66. The Kier molecular flexibility index (Phi) is 12.8. The molecule has 5 heteroatoms. The van der Waals surface area contributed by atoms with Crippen LogP contribution in [-0.2, 0) is 6.54 Å². The predicted octanol–water partition coefficient (Wildman–Crippen LogP) is 4.66. The van der Waals surface area contributed by atoms with E-state index < -0.39 is 0 Å². The number of hydrogen-bond donors (Lipinski definition) is 1. The van der Waals surface area contributed by atoms with Gasteiger partial charge in [-0.15, -0.1) is 24.8 Å². The van der Waals surface area contributed by atoms with E-state index in [-0.39, 0.29) is 30.6 Å². The Morgan fingerprint density at radius 3 is 2.61 bits per heavy atom.